The summed E-state index contributed by atoms with van der Waals surface area (Å²) in [6.07, 6.45) is -0.110. The topological polar surface area (TPSA) is 57.6 Å². The molecule has 7 heteroatoms. The molecule has 0 bridgehead atoms. The Morgan fingerprint density at radius 2 is 1.75 bits per heavy atom. The summed E-state index contributed by atoms with van der Waals surface area (Å²) in [5.41, 5.74) is -0.326. The van der Waals surface area contributed by atoms with Crippen LogP contribution in [0.25, 0.3) is 0 Å². The number of nitrogens with zero attached hydrogens (tertiary/aromatic N) is 1. The third-order valence-electron chi connectivity index (χ3n) is 5.56. The number of Topliss-reactive ketones (excluding diaryl/α,β-unsaturated/α-hetero) is 1. The molecule has 2 rings (SSSR count). The number of carbonyl (C=O) groups excluding carboxylic acids is 1. The van der Waals surface area contributed by atoms with Gasteiger partial charge in [-0.2, -0.15) is 0 Å². The highest BCUT2D eigenvalue weighted by Crippen LogP contribution is 2.38. The van der Waals surface area contributed by atoms with Crippen LogP contribution in [0.3, 0.4) is 0 Å². The standard InChI is InChI=1S/C21H31F2NO3Si/c1-12-11-14(28(5,6)7)16(22)17(23)15(12)18(25)13-9-8-10-24(20(26)27)19(13)21(2,3)4/h11,13,19H,8-10H2,1-7H3,(H,26,27). The van der Waals surface area contributed by atoms with E-state index in [1.54, 1.807) is 13.0 Å². The smallest absolute Gasteiger partial charge is 0.407 e. The van der Waals surface area contributed by atoms with Crippen molar-refractivity contribution in [3.63, 3.8) is 0 Å². The summed E-state index contributed by atoms with van der Waals surface area (Å²) >= 11 is 0. The van der Waals surface area contributed by atoms with Crippen LogP contribution in [0, 0.1) is 29.9 Å². The Morgan fingerprint density at radius 1 is 1.18 bits per heavy atom. The summed E-state index contributed by atoms with van der Waals surface area (Å²) in [6.45, 7) is 13.4. The zero-order valence-corrected chi connectivity index (χ0v) is 18.8. The van der Waals surface area contributed by atoms with Gasteiger partial charge in [-0.15, -0.1) is 0 Å². The summed E-state index contributed by atoms with van der Waals surface area (Å²) in [5, 5.41) is 9.97. The summed E-state index contributed by atoms with van der Waals surface area (Å²) in [7, 11) is -2.12. The fourth-order valence-corrected chi connectivity index (χ4v) is 5.76. The minimum atomic E-state index is -2.12. The van der Waals surface area contributed by atoms with Crippen LogP contribution >= 0.6 is 0 Å². The number of hydrogen-bond donors (Lipinski definition) is 1. The number of aryl methyl sites for hydroxylation is 1. The van der Waals surface area contributed by atoms with Crippen LogP contribution in [-0.4, -0.2) is 42.5 Å². The van der Waals surface area contributed by atoms with Gasteiger partial charge in [0.2, 0.25) is 0 Å². The van der Waals surface area contributed by atoms with Crippen molar-refractivity contribution in [3.05, 3.63) is 28.8 Å². The van der Waals surface area contributed by atoms with Gasteiger partial charge in [-0.25, -0.2) is 13.6 Å². The van der Waals surface area contributed by atoms with Crippen LogP contribution in [0.2, 0.25) is 19.6 Å². The number of halogens is 2. The van der Waals surface area contributed by atoms with Gasteiger partial charge in [0.25, 0.3) is 0 Å². The molecular formula is C21H31F2NO3Si. The van der Waals surface area contributed by atoms with Crippen molar-refractivity contribution in [2.24, 2.45) is 11.3 Å². The first-order valence-electron chi connectivity index (χ1n) is 9.70. The lowest BCUT2D eigenvalue weighted by molar-refractivity contribution is 0.0232. The van der Waals surface area contributed by atoms with Gasteiger partial charge in [-0.3, -0.25) is 4.79 Å². The molecule has 1 aliphatic rings. The van der Waals surface area contributed by atoms with E-state index >= 15 is 4.39 Å². The molecule has 0 aliphatic carbocycles. The first-order valence-corrected chi connectivity index (χ1v) is 13.2. The Hall–Kier alpha value is -1.76. The Kier molecular flexibility index (Phi) is 6.09. The van der Waals surface area contributed by atoms with Gasteiger partial charge < -0.3 is 10.0 Å². The van der Waals surface area contributed by atoms with Crippen molar-refractivity contribution in [2.45, 2.75) is 66.2 Å². The van der Waals surface area contributed by atoms with Crippen molar-refractivity contribution in [1.29, 1.82) is 0 Å². The number of hydrogen-bond acceptors (Lipinski definition) is 2. The molecule has 28 heavy (non-hydrogen) atoms. The number of likely N-dealkylation sites (tertiary alicyclic amines) is 1. The second-order valence-corrected chi connectivity index (χ2v) is 14.9. The van der Waals surface area contributed by atoms with Gasteiger partial charge >= 0.3 is 6.09 Å². The van der Waals surface area contributed by atoms with Crippen molar-refractivity contribution >= 4 is 25.1 Å². The summed E-state index contributed by atoms with van der Waals surface area (Å²) in [5.74, 6) is -3.23. The summed E-state index contributed by atoms with van der Waals surface area (Å²) in [4.78, 5) is 26.4. The highest BCUT2D eigenvalue weighted by atomic mass is 28.3. The van der Waals surface area contributed by atoms with Crippen LogP contribution < -0.4 is 5.19 Å². The van der Waals surface area contributed by atoms with Crippen LogP contribution in [0.1, 0.15) is 49.5 Å². The van der Waals surface area contributed by atoms with E-state index in [0.29, 0.717) is 30.1 Å². The van der Waals surface area contributed by atoms with E-state index < -0.39 is 49.0 Å². The maximum Gasteiger partial charge on any atom is 0.407 e. The fourth-order valence-electron chi connectivity index (χ4n) is 4.34. The molecule has 1 heterocycles. The van der Waals surface area contributed by atoms with E-state index in [1.807, 2.05) is 40.4 Å². The molecule has 2 atom stereocenters. The summed E-state index contributed by atoms with van der Waals surface area (Å²) in [6, 6.07) is 1.01. The number of piperidine rings is 1. The molecule has 0 spiro atoms. The number of rotatable bonds is 3. The predicted octanol–water partition coefficient (Wildman–Crippen LogP) is 4.81. The molecule has 1 N–H and O–H groups in total. The normalized spacial score (nSPS) is 21.0. The minimum Gasteiger partial charge on any atom is -0.465 e. The second-order valence-electron chi connectivity index (χ2n) is 9.89. The number of ketones is 1. The predicted molar refractivity (Wildman–Crippen MR) is 109 cm³/mol. The number of amides is 1. The molecule has 1 aromatic rings. The largest absolute Gasteiger partial charge is 0.465 e. The van der Waals surface area contributed by atoms with Crippen molar-refractivity contribution in [1.82, 2.24) is 4.90 Å². The average Bonchev–Trinajstić information content (AvgIpc) is 2.55. The van der Waals surface area contributed by atoms with E-state index in [9.17, 15) is 19.1 Å². The molecule has 1 fully saturated rings. The Labute approximate surface area is 166 Å². The average molecular weight is 412 g/mol. The van der Waals surface area contributed by atoms with Crippen LogP contribution in [-0.2, 0) is 0 Å². The lowest BCUT2D eigenvalue weighted by Crippen LogP contribution is -2.56. The number of benzene rings is 1. The van der Waals surface area contributed by atoms with Gasteiger partial charge in [0, 0.05) is 18.5 Å². The molecule has 0 aromatic heterocycles. The van der Waals surface area contributed by atoms with E-state index in [0.717, 1.165) is 0 Å². The first-order chi connectivity index (χ1) is 12.7. The highest BCUT2D eigenvalue weighted by Gasteiger charge is 2.46. The van der Waals surface area contributed by atoms with Gasteiger partial charge in [0.05, 0.1) is 13.6 Å². The minimum absolute atomic E-state index is 0.231. The third kappa shape index (κ3) is 4.14. The molecule has 0 radical (unpaired) electrons. The van der Waals surface area contributed by atoms with E-state index in [2.05, 4.69) is 0 Å². The molecule has 1 saturated heterocycles. The molecule has 1 amide bonds. The zero-order valence-electron chi connectivity index (χ0n) is 17.8. The first kappa shape index (κ1) is 22.5. The molecule has 1 aromatic carbocycles. The maximum atomic E-state index is 15.0. The highest BCUT2D eigenvalue weighted by molar-refractivity contribution is 6.88. The molecule has 4 nitrogen and oxygen atoms in total. The maximum absolute atomic E-state index is 15.0. The Balaban J connectivity index is 2.58. The lowest BCUT2D eigenvalue weighted by Gasteiger charge is -2.46. The Morgan fingerprint density at radius 3 is 2.21 bits per heavy atom. The van der Waals surface area contributed by atoms with Crippen LogP contribution in [0.15, 0.2) is 6.07 Å². The molecule has 2 unspecified atom stereocenters. The molecule has 156 valence electrons. The Bertz CT molecular complexity index is 796. The summed E-state index contributed by atoms with van der Waals surface area (Å²) < 4.78 is 29.8. The van der Waals surface area contributed by atoms with Crippen molar-refractivity contribution in [3.8, 4) is 0 Å². The number of carboxylic acid groups (broad SMARTS) is 1. The van der Waals surface area contributed by atoms with Crippen LogP contribution in [0.5, 0.6) is 0 Å². The third-order valence-corrected chi connectivity index (χ3v) is 7.54. The van der Waals surface area contributed by atoms with E-state index in [1.165, 1.54) is 4.90 Å². The quantitative estimate of drug-likeness (QED) is 0.574. The number of carbonyl (C=O) groups is 2. The van der Waals surface area contributed by atoms with E-state index in [-0.39, 0.29) is 5.56 Å². The van der Waals surface area contributed by atoms with Gasteiger partial charge in [-0.05, 0) is 35.9 Å². The van der Waals surface area contributed by atoms with Gasteiger partial charge in [0.1, 0.15) is 0 Å². The molecular weight excluding hydrogens is 380 g/mol. The van der Waals surface area contributed by atoms with Crippen molar-refractivity contribution in [2.75, 3.05) is 6.54 Å². The SMILES string of the molecule is Cc1cc([Si](C)(C)C)c(F)c(F)c1C(=O)C1CCCN(C(=O)O)C1C(C)(C)C. The molecule has 1 aliphatic heterocycles. The monoisotopic (exact) mass is 411 g/mol. The lowest BCUT2D eigenvalue weighted by atomic mass is 9.71. The second kappa shape index (κ2) is 7.58. The van der Waals surface area contributed by atoms with Gasteiger partial charge in [0.15, 0.2) is 17.4 Å². The fraction of sp³-hybridized carbons (Fsp3) is 0.619. The van der Waals surface area contributed by atoms with Crippen LogP contribution in [0.4, 0.5) is 13.6 Å². The van der Waals surface area contributed by atoms with Crippen molar-refractivity contribution < 1.29 is 23.5 Å². The molecule has 0 saturated carbocycles. The zero-order chi connectivity index (χ0) is 21.6. The van der Waals surface area contributed by atoms with Gasteiger partial charge in [-0.1, -0.05) is 46.5 Å². The van der Waals surface area contributed by atoms with E-state index in [4.69, 9.17) is 0 Å².